The highest BCUT2D eigenvalue weighted by Gasteiger charge is 2.29. The van der Waals surface area contributed by atoms with Gasteiger partial charge in [-0.3, -0.25) is 0 Å². The molecule has 1 heterocycles. The van der Waals surface area contributed by atoms with E-state index >= 15 is 0 Å². The lowest BCUT2D eigenvalue weighted by atomic mass is 10.1. The molecule has 2 unspecified atom stereocenters. The standard InChI is InChI=1S/C14H18F3NOS/c1-10-11(6-4-8-20-10)18-12-5-2-3-7-13(12)19-9-14(15,16)17/h2-3,5,7,10-11,18H,4,6,8-9H2,1H3. The Morgan fingerprint density at radius 2 is 2.10 bits per heavy atom. The van der Waals surface area contributed by atoms with Crippen LogP contribution in [0.4, 0.5) is 18.9 Å². The van der Waals surface area contributed by atoms with Gasteiger partial charge in [0.15, 0.2) is 6.61 Å². The lowest BCUT2D eigenvalue weighted by Crippen LogP contribution is -2.33. The fraction of sp³-hybridized carbons (Fsp3) is 0.571. The van der Waals surface area contributed by atoms with Crippen LogP contribution in [0.3, 0.4) is 0 Å². The van der Waals surface area contributed by atoms with Crippen molar-refractivity contribution >= 4 is 17.4 Å². The number of ether oxygens (including phenoxy) is 1. The lowest BCUT2D eigenvalue weighted by Gasteiger charge is -2.30. The highest BCUT2D eigenvalue weighted by Crippen LogP contribution is 2.32. The van der Waals surface area contributed by atoms with Crippen LogP contribution in [-0.4, -0.2) is 29.8 Å². The van der Waals surface area contributed by atoms with Gasteiger partial charge in [0.2, 0.25) is 0 Å². The van der Waals surface area contributed by atoms with Crippen molar-refractivity contribution in [3.63, 3.8) is 0 Å². The van der Waals surface area contributed by atoms with Gasteiger partial charge in [-0.1, -0.05) is 19.1 Å². The van der Waals surface area contributed by atoms with E-state index in [1.54, 1.807) is 24.3 Å². The van der Waals surface area contributed by atoms with E-state index in [0.29, 0.717) is 10.9 Å². The summed E-state index contributed by atoms with van der Waals surface area (Å²) in [5.74, 6) is 1.40. The van der Waals surface area contributed by atoms with Crippen LogP contribution >= 0.6 is 11.8 Å². The number of anilines is 1. The normalized spacial score (nSPS) is 23.4. The first-order chi connectivity index (χ1) is 9.46. The summed E-state index contributed by atoms with van der Waals surface area (Å²) in [7, 11) is 0. The van der Waals surface area contributed by atoms with Gasteiger partial charge >= 0.3 is 6.18 Å². The smallest absolute Gasteiger partial charge is 0.422 e. The van der Waals surface area contributed by atoms with Crippen molar-refractivity contribution in [1.82, 2.24) is 0 Å². The van der Waals surface area contributed by atoms with Gasteiger partial charge in [0.05, 0.1) is 5.69 Å². The van der Waals surface area contributed by atoms with Crippen molar-refractivity contribution in [3.05, 3.63) is 24.3 Å². The number of rotatable bonds is 4. The molecule has 1 saturated heterocycles. The number of para-hydroxylation sites is 2. The third-order valence-corrected chi connectivity index (χ3v) is 4.60. The molecule has 0 radical (unpaired) electrons. The summed E-state index contributed by atoms with van der Waals surface area (Å²) in [5, 5.41) is 3.77. The van der Waals surface area contributed by atoms with Gasteiger partial charge < -0.3 is 10.1 Å². The van der Waals surface area contributed by atoms with E-state index in [2.05, 4.69) is 12.2 Å². The monoisotopic (exact) mass is 305 g/mol. The molecule has 1 aliphatic rings. The van der Waals surface area contributed by atoms with Gasteiger partial charge in [-0.25, -0.2) is 0 Å². The summed E-state index contributed by atoms with van der Waals surface area (Å²) in [6.07, 6.45) is -2.17. The molecule has 1 aliphatic heterocycles. The zero-order chi connectivity index (χ0) is 14.6. The van der Waals surface area contributed by atoms with Crippen LogP contribution in [0, 0.1) is 0 Å². The fourth-order valence-corrected chi connectivity index (χ4v) is 3.33. The molecule has 0 spiro atoms. The Morgan fingerprint density at radius 1 is 1.35 bits per heavy atom. The third-order valence-electron chi connectivity index (χ3n) is 3.23. The van der Waals surface area contributed by atoms with Crippen LogP contribution in [0.2, 0.25) is 0 Å². The second-order valence-electron chi connectivity index (χ2n) is 4.87. The molecule has 6 heteroatoms. The number of benzene rings is 1. The van der Waals surface area contributed by atoms with Crippen LogP contribution in [-0.2, 0) is 0 Å². The van der Waals surface area contributed by atoms with Gasteiger partial charge in [-0.05, 0) is 30.7 Å². The zero-order valence-electron chi connectivity index (χ0n) is 11.2. The maximum absolute atomic E-state index is 12.2. The summed E-state index contributed by atoms with van der Waals surface area (Å²) in [6.45, 7) is 0.876. The molecule has 20 heavy (non-hydrogen) atoms. The minimum atomic E-state index is -4.32. The van der Waals surface area contributed by atoms with Gasteiger partial charge in [-0.15, -0.1) is 0 Å². The number of hydrogen-bond donors (Lipinski definition) is 1. The van der Waals surface area contributed by atoms with Crippen molar-refractivity contribution < 1.29 is 17.9 Å². The minimum absolute atomic E-state index is 0.257. The molecule has 0 bridgehead atoms. The van der Waals surface area contributed by atoms with Crippen LogP contribution in [0.1, 0.15) is 19.8 Å². The van der Waals surface area contributed by atoms with E-state index in [4.69, 9.17) is 4.74 Å². The summed E-state index contributed by atoms with van der Waals surface area (Å²) >= 11 is 1.89. The molecule has 2 atom stereocenters. The first kappa shape index (κ1) is 15.4. The third kappa shape index (κ3) is 4.51. The van der Waals surface area contributed by atoms with Crippen molar-refractivity contribution in [2.45, 2.75) is 37.2 Å². The second-order valence-corrected chi connectivity index (χ2v) is 6.35. The lowest BCUT2D eigenvalue weighted by molar-refractivity contribution is -0.153. The van der Waals surface area contributed by atoms with Gasteiger partial charge in [-0.2, -0.15) is 24.9 Å². The van der Waals surface area contributed by atoms with Crippen molar-refractivity contribution in [2.75, 3.05) is 17.7 Å². The molecule has 0 saturated carbocycles. The van der Waals surface area contributed by atoms with Gasteiger partial charge in [0, 0.05) is 11.3 Å². The van der Waals surface area contributed by atoms with Crippen LogP contribution in [0.5, 0.6) is 5.75 Å². The molecule has 1 N–H and O–H groups in total. The van der Waals surface area contributed by atoms with Crippen molar-refractivity contribution in [2.24, 2.45) is 0 Å². The Labute approximate surface area is 121 Å². The first-order valence-corrected chi connectivity index (χ1v) is 7.67. The maximum atomic E-state index is 12.2. The quantitative estimate of drug-likeness (QED) is 0.895. The molecule has 2 rings (SSSR count). The fourth-order valence-electron chi connectivity index (χ4n) is 2.18. The molecule has 112 valence electrons. The minimum Gasteiger partial charge on any atom is -0.482 e. The number of hydrogen-bond acceptors (Lipinski definition) is 3. The Morgan fingerprint density at radius 3 is 2.80 bits per heavy atom. The van der Waals surface area contributed by atoms with Crippen LogP contribution in [0.15, 0.2) is 24.3 Å². The Hall–Kier alpha value is -1.04. The highest BCUT2D eigenvalue weighted by atomic mass is 32.2. The summed E-state index contributed by atoms with van der Waals surface area (Å²) in [4.78, 5) is 0. The molecule has 0 amide bonds. The molecule has 1 fully saturated rings. The van der Waals surface area contributed by atoms with E-state index in [1.165, 1.54) is 0 Å². The Balaban J connectivity index is 2.03. The van der Waals surface area contributed by atoms with Gasteiger partial charge in [0.25, 0.3) is 0 Å². The van der Waals surface area contributed by atoms with E-state index < -0.39 is 12.8 Å². The van der Waals surface area contributed by atoms with Crippen molar-refractivity contribution in [1.29, 1.82) is 0 Å². The molecular weight excluding hydrogens is 287 g/mol. The van der Waals surface area contributed by atoms with Gasteiger partial charge in [0.1, 0.15) is 5.75 Å². The summed E-state index contributed by atoms with van der Waals surface area (Å²) in [5.41, 5.74) is 0.635. The molecule has 0 aliphatic carbocycles. The van der Waals surface area contributed by atoms with E-state index in [1.807, 2.05) is 11.8 Å². The Kier molecular flexibility index (Phi) is 5.07. The topological polar surface area (TPSA) is 21.3 Å². The van der Waals surface area contributed by atoms with E-state index in [0.717, 1.165) is 18.6 Å². The summed E-state index contributed by atoms with van der Waals surface area (Å²) < 4.78 is 41.6. The highest BCUT2D eigenvalue weighted by molar-refractivity contribution is 8.00. The molecule has 0 aromatic heterocycles. The average molecular weight is 305 g/mol. The van der Waals surface area contributed by atoms with Crippen LogP contribution in [0.25, 0.3) is 0 Å². The molecular formula is C14H18F3NOS. The largest absolute Gasteiger partial charge is 0.482 e. The average Bonchev–Trinajstić information content (AvgIpc) is 2.39. The predicted molar refractivity (Wildman–Crippen MR) is 76.6 cm³/mol. The van der Waals surface area contributed by atoms with Crippen LogP contribution < -0.4 is 10.1 Å². The number of alkyl halides is 3. The number of halogens is 3. The molecule has 1 aromatic carbocycles. The predicted octanol–water partition coefficient (Wildman–Crippen LogP) is 4.32. The maximum Gasteiger partial charge on any atom is 0.422 e. The number of nitrogens with one attached hydrogen (secondary N) is 1. The SMILES string of the molecule is CC1SCCCC1Nc1ccccc1OCC(F)(F)F. The molecule has 2 nitrogen and oxygen atoms in total. The van der Waals surface area contributed by atoms with E-state index in [9.17, 15) is 13.2 Å². The Bertz CT molecular complexity index is 439. The molecule has 1 aromatic rings. The summed E-state index contributed by atoms with van der Waals surface area (Å²) in [6, 6.07) is 7.07. The number of thioether (sulfide) groups is 1. The second kappa shape index (κ2) is 6.61. The van der Waals surface area contributed by atoms with Crippen molar-refractivity contribution in [3.8, 4) is 5.75 Å². The van der Waals surface area contributed by atoms with E-state index in [-0.39, 0.29) is 11.8 Å². The first-order valence-electron chi connectivity index (χ1n) is 6.62. The zero-order valence-corrected chi connectivity index (χ0v) is 12.1.